The minimum Gasteiger partial charge on any atom is -0.298 e. The first kappa shape index (κ1) is 52.4. The summed E-state index contributed by atoms with van der Waals surface area (Å²) in [6.45, 7) is 0. The van der Waals surface area contributed by atoms with Crippen LogP contribution in [0.15, 0.2) is 316 Å². The molecule has 0 atom stereocenters. The Morgan fingerprint density at radius 3 is 0.989 bits per heavy atom. The summed E-state index contributed by atoms with van der Waals surface area (Å²) in [7, 11) is 0. The predicted molar refractivity (Wildman–Crippen MR) is 362 cm³/mol. The molecule has 0 N–H and O–H groups in total. The Labute approximate surface area is 514 Å². The summed E-state index contributed by atoms with van der Waals surface area (Å²) in [5.41, 5.74) is 22.6. The lowest BCUT2D eigenvalue weighted by molar-refractivity contribution is 1.18. The highest BCUT2D eigenvalue weighted by Gasteiger charge is 2.21. The Morgan fingerprint density at radius 1 is 0.202 bits per heavy atom. The molecule has 8 heteroatoms. The molecule has 5 aromatic heterocycles. The van der Waals surface area contributed by atoms with E-state index in [0.717, 1.165) is 145 Å². The summed E-state index contributed by atoms with van der Waals surface area (Å²) in [5, 5.41) is 2.11. The van der Waals surface area contributed by atoms with E-state index >= 15 is 0 Å². The van der Waals surface area contributed by atoms with Crippen LogP contribution < -0.4 is 0 Å². The molecule has 89 heavy (non-hydrogen) atoms. The van der Waals surface area contributed by atoms with Crippen molar-refractivity contribution in [3.8, 4) is 135 Å². The predicted octanol–water partition coefficient (Wildman–Crippen LogP) is 20.0. The normalized spacial score (nSPS) is 11.4. The monoisotopic (exact) mass is 1140 g/mol. The molecule has 0 aliphatic rings. The summed E-state index contributed by atoms with van der Waals surface area (Å²) < 4.78 is 2.28. The van der Waals surface area contributed by atoms with Gasteiger partial charge in [0.05, 0.1) is 45.2 Å². The fourth-order valence-electron chi connectivity index (χ4n) is 12.0. The van der Waals surface area contributed by atoms with Crippen LogP contribution in [0.1, 0.15) is 0 Å². The quantitative estimate of drug-likeness (QED) is 0.120. The molecular formula is C81H52N8. The highest BCUT2D eigenvalue weighted by atomic mass is 15.0. The van der Waals surface area contributed by atoms with Crippen LogP contribution in [0.25, 0.3) is 163 Å². The van der Waals surface area contributed by atoms with Crippen LogP contribution >= 0.6 is 0 Å². The molecule has 0 saturated heterocycles. The number of fused-ring (bicyclic) bond motifs is 5. The molecule has 0 spiro atoms. The Kier molecular flexibility index (Phi) is 13.4. The fraction of sp³-hybridized carbons (Fsp3) is 0. The second kappa shape index (κ2) is 22.7. The highest BCUT2D eigenvalue weighted by Crippen LogP contribution is 2.42. The molecule has 0 radical (unpaired) electrons. The van der Waals surface area contributed by atoms with Gasteiger partial charge in [-0.15, -0.1) is 0 Å². The lowest BCUT2D eigenvalue weighted by atomic mass is 9.95. The number of rotatable bonds is 12. The Bertz CT molecular complexity index is 5120. The molecule has 8 nitrogen and oxygen atoms in total. The first-order chi connectivity index (χ1) is 44.1. The molecule has 0 bridgehead atoms. The number of aromatic nitrogens is 8. The maximum Gasteiger partial charge on any atom is 0.160 e. The first-order valence-electron chi connectivity index (χ1n) is 29.8. The number of hydrogen-bond donors (Lipinski definition) is 0. The van der Waals surface area contributed by atoms with Gasteiger partial charge in [0.2, 0.25) is 0 Å². The second-order valence-corrected chi connectivity index (χ2v) is 22.1. The van der Waals surface area contributed by atoms with Gasteiger partial charge < -0.3 is 0 Å². The van der Waals surface area contributed by atoms with Crippen molar-refractivity contribution in [1.82, 2.24) is 39.3 Å². The average Bonchev–Trinajstić information content (AvgIpc) is 1.70. The van der Waals surface area contributed by atoms with Crippen LogP contribution in [0, 0.1) is 0 Å². The number of nitrogens with zero attached hydrogens (tertiary/aromatic N) is 8. The van der Waals surface area contributed by atoms with Gasteiger partial charge in [0, 0.05) is 72.8 Å². The first-order valence-corrected chi connectivity index (χ1v) is 29.8. The number of imidazole rings is 1. The van der Waals surface area contributed by atoms with Gasteiger partial charge in [0.1, 0.15) is 5.65 Å². The van der Waals surface area contributed by atoms with Gasteiger partial charge in [0.25, 0.3) is 0 Å². The van der Waals surface area contributed by atoms with Gasteiger partial charge in [0.15, 0.2) is 17.5 Å². The van der Waals surface area contributed by atoms with Gasteiger partial charge in [-0.05, 0) is 76.2 Å². The van der Waals surface area contributed by atoms with E-state index in [0.29, 0.717) is 17.5 Å². The van der Waals surface area contributed by atoms with Gasteiger partial charge >= 0.3 is 0 Å². The standard InChI is InChI=1S/C81H52N8/c1-7-24-53(25-8-1)70-49-71(54-26-9-2-10-27-54)84-79(83-70)63-40-21-36-59(44-63)65-47-68(60-37-23-41-64(46-60)80-85-72(55-28-11-3-12-29-55)50-73(86-80)56-30-13-4-14-31-56)77-76(48-65)89-52-69(66-42-19-20-43-67(66)81(89)88-77)61-38-22-39-62(45-61)75-51-74(57-32-15-5-16-33-57)82-78(87-75)58-34-17-6-18-35-58/h1-52H. The zero-order chi connectivity index (χ0) is 59.0. The largest absolute Gasteiger partial charge is 0.298 e. The van der Waals surface area contributed by atoms with Crippen molar-refractivity contribution in [2.45, 2.75) is 0 Å². The van der Waals surface area contributed by atoms with Gasteiger partial charge in [-0.1, -0.05) is 261 Å². The van der Waals surface area contributed by atoms with E-state index in [1.54, 1.807) is 0 Å². The van der Waals surface area contributed by atoms with Gasteiger partial charge in [-0.25, -0.2) is 34.9 Å². The van der Waals surface area contributed by atoms with E-state index in [9.17, 15) is 0 Å². The SMILES string of the molecule is c1ccc(-c2cc(-c3cccc(-c4cn5c6cc(-c7cccc(-c8nc(-c9ccccc9)cc(-c9ccccc9)n8)c7)cc(-c7cccc(-c8nc(-c9ccccc9)cc(-c9ccccc9)n8)c7)c6nc5c5ccccc45)c3)nc(-c3ccccc3)n2)cc1. The molecule has 0 aliphatic heterocycles. The van der Waals surface area contributed by atoms with Crippen molar-refractivity contribution >= 4 is 27.5 Å². The topological polar surface area (TPSA) is 94.6 Å². The highest BCUT2D eigenvalue weighted by molar-refractivity contribution is 6.08. The minimum absolute atomic E-state index is 0.627. The summed E-state index contributed by atoms with van der Waals surface area (Å²) in [6.07, 6.45) is 2.26. The third-order valence-electron chi connectivity index (χ3n) is 16.4. The smallest absolute Gasteiger partial charge is 0.160 e. The zero-order valence-corrected chi connectivity index (χ0v) is 48.1. The second-order valence-electron chi connectivity index (χ2n) is 22.1. The van der Waals surface area contributed by atoms with Crippen LogP contribution in [0.2, 0.25) is 0 Å². The molecule has 0 amide bonds. The van der Waals surface area contributed by atoms with E-state index in [4.69, 9.17) is 34.9 Å². The van der Waals surface area contributed by atoms with Crippen LogP contribution in [0.3, 0.4) is 0 Å². The molecular weight excluding hydrogens is 1080 g/mol. The lowest BCUT2D eigenvalue weighted by Crippen LogP contribution is -1.96. The number of benzene rings is 11. The molecule has 0 saturated carbocycles. The molecule has 0 unspecified atom stereocenters. The number of pyridine rings is 1. The van der Waals surface area contributed by atoms with E-state index < -0.39 is 0 Å². The van der Waals surface area contributed by atoms with E-state index in [2.05, 4.69) is 211 Å². The summed E-state index contributed by atoms with van der Waals surface area (Å²) in [6, 6.07) is 107. The number of hydrogen-bond acceptors (Lipinski definition) is 7. The zero-order valence-electron chi connectivity index (χ0n) is 48.1. The fourth-order valence-corrected chi connectivity index (χ4v) is 12.0. The Morgan fingerprint density at radius 2 is 0.528 bits per heavy atom. The average molecular weight is 1140 g/mol. The van der Waals surface area contributed by atoms with Crippen LogP contribution in [0.4, 0.5) is 0 Å². The molecule has 16 aromatic rings. The van der Waals surface area contributed by atoms with Crippen molar-refractivity contribution in [2.24, 2.45) is 0 Å². The molecule has 416 valence electrons. The van der Waals surface area contributed by atoms with E-state index in [1.807, 2.05) is 109 Å². The minimum atomic E-state index is 0.627. The van der Waals surface area contributed by atoms with Crippen molar-refractivity contribution in [1.29, 1.82) is 0 Å². The van der Waals surface area contributed by atoms with Crippen molar-refractivity contribution in [3.05, 3.63) is 316 Å². The summed E-state index contributed by atoms with van der Waals surface area (Å²) in [4.78, 5) is 37.1. The third-order valence-corrected chi connectivity index (χ3v) is 16.4. The van der Waals surface area contributed by atoms with Crippen LogP contribution in [0.5, 0.6) is 0 Å². The molecule has 0 aliphatic carbocycles. The van der Waals surface area contributed by atoms with Crippen molar-refractivity contribution in [2.75, 3.05) is 0 Å². The molecule has 0 fully saturated rings. The van der Waals surface area contributed by atoms with Gasteiger partial charge in [-0.3, -0.25) is 4.40 Å². The van der Waals surface area contributed by atoms with Crippen molar-refractivity contribution < 1.29 is 0 Å². The Balaban J connectivity index is 0.895. The molecule has 5 heterocycles. The summed E-state index contributed by atoms with van der Waals surface area (Å²) in [5.74, 6) is 1.93. The molecule has 11 aromatic carbocycles. The van der Waals surface area contributed by atoms with Gasteiger partial charge in [-0.2, -0.15) is 0 Å². The molecule has 16 rings (SSSR count). The third kappa shape index (κ3) is 10.3. The Hall–Kier alpha value is -12.1. The van der Waals surface area contributed by atoms with Crippen molar-refractivity contribution in [3.63, 3.8) is 0 Å². The summed E-state index contributed by atoms with van der Waals surface area (Å²) >= 11 is 0. The van der Waals surface area contributed by atoms with Crippen LogP contribution in [-0.4, -0.2) is 39.3 Å². The van der Waals surface area contributed by atoms with Crippen LogP contribution in [-0.2, 0) is 0 Å². The lowest BCUT2D eigenvalue weighted by Gasteiger charge is -2.13. The van der Waals surface area contributed by atoms with E-state index in [-0.39, 0.29) is 0 Å². The maximum atomic E-state index is 5.68. The van der Waals surface area contributed by atoms with E-state index in [1.165, 1.54) is 0 Å². The maximum absolute atomic E-state index is 5.68.